The number of amides is 2. The normalized spacial score (nSPS) is 15.5. The minimum atomic E-state index is -4.47. The molecule has 4 rings (SSSR count). The Labute approximate surface area is 193 Å². The average Bonchev–Trinajstić information content (AvgIpc) is 3.20. The van der Waals surface area contributed by atoms with Crippen LogP contribution in [0.4, 0.5) is 24.5 Å². The third kappa shape index (κ3) is 4.65. The smallest absolute Gasteiger partial charge is 0.416 e. The molecule has 174 valence electrons. The van der Waals surface area contributed by atoms with Crippen molar-refractivity contribution in [1.29, 1.82) is 0 Å². The van der Waals surface area contributed by atoms with Gasteiger partial charge in [-0.15, -0.1) is 0 Å². The van der Waals surface area contributed by atoms with Crippen LogP contribution in [0, 0.1) is 0 Å². The van der Waals surface area contributed by atoms with Crippen LogP contribution >= 0.6 is 13.5 Å². The predicted octanol–water partition coefficient (Wildman–Crippen LogP) is 3.89. The number of carbonyl (C=O) groups is 2. The van der Waals surface area contributed by atoms with Crippen LogP contribution in [0.3, 0.4) is 0 Å². The van der Waals surface area contributed by atoms with Gasteiger partial charge in [0.1, 0.15) is 5.75 Å². The van der Waals surface area contributed by atoms with E-state index in [0.29, 0.717) is 11.4 Å². The van der Waals surface area contributed by atoms with Gasteiger partial charge in [-0.3, -0.25) is 19.3 Å². The molecule has 1 aliphatic rings. The molecule has 2 aromatic heterocycles. The van der Waals surface area contributed by atoms with Crippen LogP contribution in [0.2, 0.25) is 0 Å². The van der Waals surface area contributed by atoms with Gasteiger partial charge in [0, 0.05) is 18.4 Å². The Morgan fingerprint density at radius 1 is 1.18 bits per heavy atom. The van der Waals surface area contributed by atoms with Crippen LogP contribution in [-0.2, 0) is 6.18 Å². The van der Waals surface area contributed by atoms with Crippen molar-refractivity contribution >= 4 is 36.7 Å². The second-order valence-corrected chi connectivity index (χ2v) is 7.23. The number of hydrogen-bond acceptors (Lipinski definition) is 5. The molecule has 1 aliphatic heterocycles. The van der Waals surface area contributed by atoms with Crippen molar-refractivity contribution < 1.29 is 27.5 Å². The fourth-order valence-corrected chi connectivity index (χ4v) is 3.46. The molecule has 0 radical (unpaired) electrons. The maximum Gasteiger partial charge on any atom is 0.416 e. The third-order valence-electron chi connectivity index (χ3n) is 5.07. The molecule has 33 heavy (non-hydrogen) atoms. The zero-order valence-electron chi connectivity index (χ0n) is 17.6. The number of methoxy groups -OCH3 is 1. The van der Waals surface area contributed by atoms with E-state index in [-0.39, 0.29) is 43.0 Å². The average molecular weight is 479 g/mol. The van der Waals surface area contributed by atoms with Crippen LogP contribution in [0.5, 0.6) is 5.75 Å². The van der Waals surface area contributed by atoms with Crippen molar-refractivity contribution in [1.82, 2.24) is 14.8 Å². The van der Waals surface area contributed by atoms with Gasteiger partial charge in [-0.2, -0.15) is 31.8 Å². The van der Waals surface area contributed by atoms with Crippen molar-refractivity contribution in [2.45, 2.75) is 19.1 Å². The largest absolute Gasteiger partial charge is 0.495 e. The summed E-state index contributed by atoms with van der Waals surface area (Å²) in [6.45, 7) is 2.03. The van der Waals surface area contributed by atoms with Gasteiger partial charge < -0.3 is 15.0 Å². The van der Waals surface area contributed by atoms with Gasteiger partial charge in [-0.05, 0) is 37.3 Å². The predicted molar refractivity (Wildman–Crippen MR) is 119 cm³/mol. The highest BCUT2D eigenvalue weighted by Gasteiger charge is 2.35. The first-order chi connectivity index (χ1) is 15.2. The number of hydrogen-bond donors (Lipinski definition) is 1. The van der Waals surface area contributed by atoms with Gasteiger partial charge >= 0.3 is 6.18 Å². The highest BCUT2D eigenvalue weighted by Crippen LogP contribution is 2.33. The zero-order valence-corrected chi connectivity index (χ0v) is 18.6. The highest BCUT2D eigenvalue weighted by molar-refractivity contribution is 7.59. The van der Waals surface area contributed by atoms with Crippen molar-refractivity contribution in [3.63, 3.8) is 0 Å². The number of benzene rings is 1. The van der Waals surface area contributed by atoms with E-state index in [1.807, 2.05) is 6.92 Å². The van der Waals surface area contributed by atoms with E-state index in [1.54, 1.807) is 0 Å². The van der Waals surface area contributed by atoms with Crippen LogP contribution < -0.4 is 15.0 Å². The molecule has 0 bridgehead atoms. The van der Waals surface area contributed by atoms with Crippen LogP contribution in [0.25, 0.3) is 0 Å². The van der Waals surface area contributed by atoms with Gasteiger partial charge in [0.05, 0.1) is 42.4 Å². The lowest BCUT2D eigenvalue weighted by Gasteiger charge is -2.32. The lowest BCUT2D eigenvalue weighted by Crippen LogP contribution is -2.43. The molecule has 0 saturated carbocycles. The molecule has 8 nitrogen and oxygen atoms in total. The molecule has 0 fully saturated rings. The number of halogens is 3. The fourth-order valence-electron chi connectivity index (χ4n) is 3.46. The number of rotatable bonds is 4. The quantitative estimate of drug-likeness (QED) is 0.613. The number of nitrogens with one attached hydrogen (secondary N) is 1. The first-order valence-corrected chi connectivity index (χ1v) is 9.56. The van der Waals surface area contributed by atoms with Crippen LogP contribution in [-0.4, -0.2) is 40.2 Å². The molecule has 0 unspecified atom stereocenters. The summed E-state index contributed by atoms with van der Waals surface area (Å²) >= 11 is 0. The van der Waals surface area contributed by atoms with E-state index in [1.165, 1.54) is 53.5 Å². The maximum atomic E-state index is 13.2. The molecular weight excluding hydrogens is 459 g/mol. The highest BCUT2D eigenvalue weighted by atomic mass is 32.1. The van der Waals surface area contributed by atoms with E-state index in [0.717, 1.165) is 12.1 Å². The zero-order chi connectivity index (χ0) is 23.0. The minimum Gasteiger partial charge on any atom is -0.495 e. The summed E-state index contributed by atoms with van der Waals surface area (Å²) in [7, 11) is 1.45. The third-order valence-corrected chi connectivity index (χ3v) is 5.07. The second-order valence-electron chi connectivity index (χ2n) is 7.23. The number of ether oxygens (including phenoxy) is 1. The molecule has 2 amide bonds. The summed E-state index contributed by atoms with van der Waals surface area (Å²) in [5.74, 6) is -0.605. The number of alkyl halides is 3. The van der Waals surface area contributed by atoms with Gasteiger partial charge in [-0.1, -0.05) is 0 Å². The molecule has 0 spiro atoms. The molecular formula is C21H20F3N5O3S. The van der Waals surface area contributed by atoms with E-state index in [4.69, 9.17) is 4.74 Å². The summed E-state index contributed by atoms with van der Waals surface area (Å²) in [5.41, 5.74) is 0.0551. The summed E-state index contributed by atoms with van der Waals surface area (Å²) in [6.07, 6.45) is -0.299. The lowest BCUT2D eigenvalue weighted by atomic mass is 10.1. The number of carbonyl (C=O) groups excluding carboxylic acids is 2. The Hall–Kier alpha value is -3.54. The van der Waals surface area contributed by atoms with Gasteiger partial charge in [0.2, 0.25) is 0 Å². The summed E-state index contributed by atoms with van der Waals surface area (Å²) in [6, 6.07) is 5.58. The van der Waals surface area contributed by atoms with Crippen molar-refractivity contribution in [3.8, 4) is 5.75 Å². The molecule has 12 heteroatoms. The summed E-state index contributed by atoms with van der Waals surface area (Å²) in [5, 5.41) is 6.86. The maximum absolute atomic E-state index is 13.2. The monoisotopic (exact) mass is 479 g/mol. The van der Waals surface area contributed by atoms with E-state index >= 15 is 0 Å². The van der Waals surface area contributed by atoms with Gasteiger partial charge in [0.25, 0.3) is 11.8 Å². The molecule has 0 aliphatic carbocycles. The molecule has 0 saturated heterocycles. The first-order valence-electron chi connectivity index (χ1n) is 9.56. The molecule has 3 heterocycles. The first kappa shape index (κ1) is 24.1. The van der Waals surface area contributed by atoms with Gasteiger partial charge in [-0.25, -0.2) is 0 Å². The standard InChI is InChI=1S/C21H18F3N5O3.H2S/c1-12-11-28(15-5-3-14(4-6-15)21(22,23)24)20(31)18-17(10-26-29(12)18)27-19(30)13-7-16(32-2)9-25-8-13;/h3-10,12H,11H2,1-2H3,(H,27,30);1H2/t12-;/m0./s1. The SMILES string of the molecule is COc1cncc(C(=O)Nc2cnn3c2C(=O)N(c2ccc(C(F)(F)F)cc2)C[C@@H]3C)c1.S. The number of fused-ring (bicyclic) bond motifs is 1. The van der Waals surface area contributed by atoms with E-state index in [9.17, 15) is 22.8 Å². The number of pyridine rings is 1. The molecule has 1 aromatic carbocycles. The van der Waals surface area contributed by atoms with Crippen molar-refractivity contribution in [3.05, 3.63) is 65.7 Å². The number of nitrogens with zero attached hydrogens (tertiary/aromatic N) is 4. The van der Waals surface area contributed by atoms with Crippen molar-refractivity contribution in [2.24, 2.45) is 0 Å². The Kier molecular flexibility index (Phi) is 6.68. The Morgan fingerprint density at radius 2 is 1.88 bits per heavy atom. The molecule has 3 aromatic rings. The number of anilines is 2. The Balaban J connectivity index is 0.00000306. The summed E-state index contributed by atoms with van der Waals surface area (Å²) < 4.78 is 45.2. The Bertz CT molecular complexity index is 1180. The topological polar surface area (TPSA) is 89.3 Å². The van der Waals surface area contributed by atoms with E-state index in [2.05, 4.69) is 15.4 Å². The van der Waals surface area contributed by atoms with E-state index < -0.39 is 23.6 Å². The van der Waals surface area contributed by atoms with Crippen LogP contribution in [0.15, 0.2) is 48.9 Å². The van der Waals surface area contributed by atoms with Gasteiger partial charge in [0.15, 0.2) is 5.69 Å². The minimum absolute atomic E-state index is 0. The molecule has 1 atom stereocenters. The lowest BCUT2D eigenvalue weighted by molar-refractivity contribution is -0.137. The molecule has 1 N–H and O–H groups in total. The summed E-state index contributed by atoms with van der Waals surface area (Å²) in [4.78, 5) is 31.2. The second kappa shape index (κ2) is 9.14. The Morgan fingerprint density at radius 3 is 2.52 bits per heavy atom. The number of aromatic nitrogens is 3. The van der Waals surface area contributed by atoms with Crippen LogP contribution in [0.1, 0.15) is 39.4 Å². The fraction of sp³-hybridized carbons (Fsp3) is 0.238. The van der Waals surface area contributed by atoms with Crippen molar-refractivity contribution in [2.75, 3.05) is 23.9 Å².